The molecule has 0 aliphatic heterocycles. The Balaban J connectivity index is 1.66. The van der Waals surface area contributed by atoms with Crippen molar-refractivity contribution in [3.8, 4) is 11.1 Å². The number of amides is 1. The first kappa shape index (κ1) is 15.6. The van der Waals surface area contributed by atoms with Crippen LogP contribution in [0.25, 0.3) is 16.8 Å². The molecule has 124 valence electrons. The number of anilines is 1. The fourth-order valence-corrected chi connectivity index (χ4v) is 3.24. The minimum absolute atomic E-state index is 0.00800. The molecule has 25 heavy (non-hydrogen) atoms. The monoisotopic (exact) mass is 349 g/mol. The van der Waals surface area contributed by atoms with Gasteiger partial charge in [-0.25, -0.2) is 4.98 Å². The summed E-state index contributed by atoms with van der Waals surface area (Å²) in [5.74, 6) is -0.231. The first-order valence-electron chi connectivity index (χ1n) is 7.75. The zero-order valence-electron chi connectivity index (χ0n) is 13.2. The van der Waals surface area contributed by atoms with Gasteiger partial charge in [0.15, 0.2) is 0 Å². The lowest BCUT2D eigenvalue weighted by atomic mass is 10.1. The molecule has 0 saturated carbocycles. The number of aromatic nitrogens is 2. The van der Waals surface area contributed by atoms with Gasteiger partial charge in [0.25, 0.3) is 5.91 Å². The molecule has 1 amide bonds. The highest BCUT2D eigenvalue weighted by atomic mass is 32.1. The van der Waals surface area contributed by atoms with Crippen molar-refractivity contribution in [2.75, 3.05) is 5.32 Å². The van der Waals surface area contributed by atoms with Crippen molar-refractivity contribution in [3.63, 3.8) is 0 Å². The fourth-order valence-electron chi connectivity index (χ4n) is 2.65. The zero-order valence-corrected chi connectivity index (χ0v) is 14.0. The molecular formula is C19H15N3O2S. The number of imidazole rings is 1. The molecule has 6 heteroatoms. The summed E-state index contributed by atoms with van der Waals surface area (Å²) in [6, 6.07) is 13.4. The van der Waals surface area contributed by atoms with Gasteiger partial charge < -0.3 is 14.8 Å². The second-order valence-electron chi connectivity index (χ2n) is 5.63. The maximum absolute atomic E-state index is 12.3. The predicted octanol–water partition coefficient (Wildman–Crippen LogP) is 3.81. The Morgan fingerprint density at radius 3 is 2.88 bits per heavy atom. The molecule has 0 fully saturated rings. The number of nitrogens with zero attached hydrogens (tertiary/aromatic N) is 2. The van der Waals surface area contributed by atoms with E-state index in [9.17, 15) is 9.90 Å². The van der Waals surface area contributed by atoms with Gasteiger partial charge in [-0.3, -0.25) is 4.79 Å². The number of hydrogen-bond donors (Lipinski definition) is 2. The third kappa shape index (κ3) is 3.17. The number of hydrogen-bond acceptors (Lipinski definition) is 4. The van der Waals surface area contributed by atoms with Crippen LogP contribution in [0.5, 0.6) is 0 Å². The minimum Gasteiger partial charge on any atom is -0.392 e. The second-order valence-corrected chi connectivity index (χ2v) is 6.41. The summed E-state index contributed by atoms with van der Waals surface area (Å²) in [7, 11) is 0. The molecular weight excluding hydrogens is 334 g/mol. The SMILES string of the molecule is O=C(Nc1ccsc1)c1cn2cc(-c3cccc(CO)c3)ccc2n1. The van der Waals surface area contributed by atoms with E-state index in [1.807, 2.05) is 63.8 Å². The highest BCUT2D eigenvalue weighted by Crippen LogP contribution is 2.22. The number of nitrogens with one attached hydrogen (secondary N) is 1. The molecule has 0 radical (unpaired) electrons. The Hall–Kier alpha value is -2.96. The number of thiophene rings is 1. The van der Waals surface area contributed by atoms with E-state index in [1.54, 1.807) is 6.20 Å². The molecule has 5 nitrogen and oxygen atoms in total. The quantitative estimate of drug-likeness (QED) is 0.589. The topological polar surface area (TPSA) is 66.6 Å². The summed E-state index contributed by atoms with van der Waals surface area (Å²) in [4.78, 5) is 16.7. The number of benzene rings is 1. The standard InChI is InChI=1S/C19H15N3O2S/c23-11-13-2-1-3-14(8-13)15-4-5-18-21-17(10-22(18)9-15)19(24)20-16-6-7-25-12-16/h1-10,12,23H,11H2,(H,20,24). The maximum atomic E-state index is 12.3. The van der Waals surface area contributed by atoms with Gasteiger partial charge in [0.2, 0.25) is 0 Å². The van der Waals surface area contributed by atoms with Gasteiger partial charge in [-0.15, -0.1) is 0 Å². The van der Waals surface area contributed by atoms with Crippen molar-refractivity contribution in [2.24, 2.45) is 0 Å². The Bertz CT molecular complexity index is 1040. The van der Waals surface area contributed by atoms with E-state index in [4.69, 9.17) is 0 Å². The molecule has 4 rings (SSSR count). The second kappa shape index (κ2) is 6.51. The van der Waals surface area contributed by atoms with Crippen molar-refractivity contribution in [3.05, 3.63) is 76.9 Å². The summed E-state index contributed by atoms with van der Waals surface area (Å²) < 4.78 is 1.84. The van der Waals surface area contributed by atoms with E-state index in [1.165, 1.54) is 11.3 Å². The maximum Gasteiger partial charge on any atom is 0.275 e. The van der Waals surface area contributed by atoms with Crippen LogP contribution in [0, 0.1) is 0 Å². The van der Waals surface area contributed by atoms with E-state index in [-0.39, 0.29) is 12.5 Å². The molecule has 0 bridgehead atoms. The first-order valence-corrected chi connectivity index (χ1v) is 8.70. The van der Waals surface area contributed by atoms with Crippen LogP contribution in [0.1, 0.15) is 16.1 Å². The molecule has 3 aromatic heterocycles. The number of carbonyl (C=O) groups is 1. The molecule has 0 spiro atoms. The molecule has 3 heterocycles. The van der Waals surface area contributed by atoms with E-state index in [2.05, 4.69) is 10.3 Å². The Kier molecular flexibility index (Phi) is 4.05. The van der Waals surface area contributed by atoms with Crippen molar-refractivity contribution in [2.45, 2.75) is 6.61 Å². The largest absolute Gasteiger partial charge is 0.392 e. The van der Waals surface area contributed by atoms with Gasteiger partial charge in [-0.1, -0.05) is 18.2 Å². The van der Waals surface area contributed by atoms with E-state index < -0.39 is 0 Å². The summed E-state index contributed by atoms with van der Waals surface area (Å²) >= 11 is 1.53. The summed E-state index contributed by atoms with van der Waals surface area (Å²) in [5, 5.41) is 15.9. The van der Waals surface area contributed by atoms with E-state index in [0.29, 0.717) is 11.3 Å². The molecule has 4 aromatic rings. The number of fused-ring (bicyclic) bond motifs is 1. The first-order chi connectivity index (χ1) is 12.2. The van der Waals surface area contributed by atoms with Crippen LogP contribution in [0.4, 0.5) is 5.69 Å². The summed E-state index contributed by atoms with van der Waals surface area (Å²) in [5.41, 5.74) is 4.70. The third-order valence-corrected chi connectivity index (χ3v) is 4.59. The number of aliphatic hydroxyl groups is 1. The summed E-state index contributed by atoms with van der Waals surface area (Å²) in [6.45, 7) is 0.00800. The normalized spacial score (nSPS) is 10.9. The molecule has 0 unspecified atom stereocenters. The van der Waals surface area contributed by atoms with E-state index in [0.717, 1.165) is 22.4 Å². The molecule has 2 N–H and O–H groups in total. The van der Waals surface area contributed by atoms with Crippen molar-refractivity contribution in [1.82, 2.24) is 9.38 Å². The van der Waals surface area contributed by atoms with Crippen molar-refractivity contribution in [1.29, 1.82) is 0 Å². The zero-order chi connectivity index (χ0) is 17.2. The van der Waals surface area contributed by atoms with Gasteiger partial charge in [-0.05, 0) is 46.3 Å². The number of aliphatic hydroxyl groups excluding tert-OH is 1. The lowest BCUT2D eigenvalue weighted by molar-refractivity contribution is 0.102. The fraction of sp³-hybridized carbons (Fsp3) is 0.0526. The molecule has 0 saturated heterocycles. The number of rotatable bonds is 4. The molecule has 0 aliphatic rings. The van der Waals surface area contributed by atoms with Crippen molar-refractivity contribution < 1.29 is 9.90 Å². The molecule has 1 aromatic carbocycles. The van der Waals surface area contributed by atoms with Gasteiger partial charge in [-0.2, -0.15) is 11.3 Å². The molecule has 0 aliphatic carbocycles. The number of carbonyl (C=O) groups excluding carboxylic acids is 1. The highest BCUT2D eigenvalue weighted by molar-refractivity contribution is 7.08. The average Bonchev–Trinajstić information content (AvgIpc) is 3.30. The Morgan fingerprint density at radius 2 is 2.08 bits per heavy atom. The lowest BCUT2D eigenvalue weighted by Crippen LogP contribution is -2.11. The Labute approximate surface area is 148 Å². The third-order valence-electron chi connectivity index (χ3n) is 3.91. The van der Waals surface area contributed by atoms with Gasteiger partial charge >= 0.3 is 0 Å². The minimum atomic E-state index is -0.231. The van der Waals surface area contributed by atoms with Crippen LogP contribution >= 0.6 is 11.3 Å². The predicted molar refractivity (Wildman–Crippen MR) is 98.8 cm³/mol. The van der Waals surface area contributed by atoms with Crippen LogP contribution in [0.3, 0.4) is 0 Å². The van der Waals surface area contributed by atoms with E-state index >= 15 is 0 Å². The van der Waals surface area contributed by atoms with Crippen molar-refractivity contribution >= 4 is 28.6 Å². The smallest absolute Gasteiger partial charge is 0.275 e. The highest BCUT2D eigenvalue weighted by Gasteiger charge is 2.12. The van der Waals surface area contributed by atoms with Crippen LogP contribution in [-0.2, 0) is 6.61 Å². The molecule has 0 atom stereocenters. The van der Waals surface area contributed by atoms with Gasteiger partial charge in [0.05, 0.1) is 12.3 Å². The van der Waals surface area contributed by atoms with Gasteiger partial charge in [0, 0.05) is 17.8 Å². The van der Waals surface area contributed by atoms with Crippen LogP contribution in [-0.4, -0.2) is 20.4 Å². The van der Waals surface area contributed by atoms with Crippen LogP contribution in [0.2, 0.25) is 0 Å². The Morgan fingerprint density at radius 1 is 1.16 bits per heavy atom. The van der Waals surface area contributed by atoms with Gasteiger partial charge in [0.1, 0.15) is 11.3 Å². The lowest BCUT2D eigenvalue weighted by Gasteiger charge is -2.04. The number of pyridine rings is 1. The van der Waals surface area contributed by atoms with Crippen LogP contribution in [0.15, 0.2) is 65.6 Å². The van der Waals surface area contributed by atoms with Crippen LogP contribution < -0.4 is 5.32 Å². The summed E-state index contributed by atoms with van der Waals surface area (Å²) in [6.07, 6.45) is 3.65. The average molecular weight is 349 g/mol.